The fraction of sp³-hybridized carbons (Fsp3) is 0.864. The van der Waals surface area contributed by atoms with E-state index in [4.69, 9.17) is 15.5 Å². The highest BCUT2D eigenvalue weighted by molar-refractivity contribution is 6.02. The maximum Gasteiger partial charge on any atom is 0.0803 e. The monoisotopic (exact) mass is 348 g/mol. The fourth-order valence-electron chi connectivity index (χ4n) is 3.90. The van der Waals surface area contributed by atoms with Gasteiger partial charge in [-0.2, -0.15) is 0 Å². The molecule has 0 aliphatic heterocycles. The summed E-state index contributed by atoms with van der Waals surface area (Å²) in [5.74, 6) is 0.839. The van der Waals surface area contributed by atoms with E-state index in [-0.39, 0.29) is 0 Å². The first-order chi connectivity index (χ1) is 11.6. The second kappa shape index (κ2) is 8.35. The molecule has 2 rings (SSSR count). The van der Waals surface area contributed by atoms with Gasteiger partial charge in [-0.15, -0.1) is 0 Å². The fourth-order valence-corrected chi connectivity index (χ4v) is 3.90. The number of ether oxygens (including phenoxy) is 1. The van der Waals surface area contributed by atoms with Crippen LogP contribution in [-0.4, -0.2) is 29.5 Å². The molecule has 0 heterocycles. The van der Waals surface area contributed by atoms with E-state index in [1.807, 2.05) is 13.8 Å². The lowest BCUT2D eigenvalue weighted by molar-refractivity contribution is -0.0845. The lowest BCUT2D eigenvalue weighted by Crippen LogP contribution is -2.46. The predicted octanol–water partition coefficient (Wildman–Crippen LogP) is 5.28. The van der Waals surface area contributed by atoms with Crippen molar-refractivity contribution in [1.29, 1.82) is 0 Å². The van der Waals surface area contributed by atoms with E-state index in [0.29, 0.717) is 23.7 Å². The van der Waals surface area contributed by atoms with E-state index < -0.39 is 5.54 Å². The van der Waals surface area contributed by atoms with Crippen molar-refractivity contribution in [2.24, 2.45) is 22.1 Å². The number of aliphatic imine (C=N–C) groups is 1. The first kappa shape index (κ1) is 20.6. The summed E-state index contributed by atoms with van der Waals surface area (Å²) in [6.45, 7) is 13.3. The molecular weight excluding hydrogens is 308 g/mol. The van der Waals surface area contributed by atoms with Crippen LogP contribution >= 0.6 is 0 Å². The summed E-state index contributed by atoms with van der Waals surface area (Å²) in [6, 6.07) is 0.291. The second-order valence-corrected chi connectivity index (χ2v) is 9.71. The molecule has 1 unspecified atom stereocenters. The Balaban J connectivity index is 1.90. The van der Waals surface area contributed by atoms with Gasteiger partial charge in [0.2, 0.25) is 0 Å². The van der Waals surface area contributed by atoms with Crippen LogP contribution in [-0.2, 0) is 4.74 Å². The molecular formula is C22H40N2O. The molecule has 0 radical (unpaired) electrons. The number of nitrogens with zero attached hydrogens (tertiary/aromatic N) is 1. The highest BCUT2D eigenvalue weighted by Gasteiger charge is 2.37. The van der Waals surface area contributed by atoms with Crippen molar-refractivity contribution in [3.8, 4) is 0 Å². The summed E-state index contributed by atoms with van der Waals surface area (Å²) in [5.41, 5.74) is 7.35. The molecule has 3 heteroatoms. The quantitative estimate of drug-likeness (QED) is 0.664. The Kier molecular flexibility index (Phi) is 6.89. The average molecular weight is 349 g/mol. The van der Waals surface area contributed by atoms with Gasteiger partial charge in [-0.25, -0.2) is 0 Å². The van der Waals surface area contributed by atoms with Crippen LogP contribution in [0.3, 0.4) is 0 Å². The van der Waals surface area contributed by atoms with Crippen molar-refractivity contribution in [2.75, 3.05) is 0 Å². The van der Waals surface area contributed by atoms with Crippen molar-refractivity contribution in [3.05, 3.63) is 12.2 Å². The van der Waals surface area contributed by atoms with Gasteiger partial charge in [0, 0.05) is 0 Å². The van der Waals surface area contributed by atoms with Gasteiger partial charge in [-0.3, -0.25) is 4.99 Å². The van der Waals surface area contributed by atoms with Gasteiger partial charge in [0.15, 0.2) is 0 Å². The molecule has 0 saturated heterocycles. The molecule has 2 N–H and O–H groups in total. The molecule has 0 aromatic rings. The van der Waals surface area contributed by atoms with Gasteiger partial charge in [-0.05, 0) is 76.2 Å². The molecule has 144 valence electrons. The van der Waals surface area contributed by atoms with E-state index in [0.717, 1.165) is 30.9 Å². The number of nitrogens with two attached hydrogens (primary N) is 1. The SMILES string of the molecule is CC/C=C\C(=N[C@H]1CCC1OC1CCC(C(C)(C)C)CC1)C(C)(C)N. The lowest BCUT2D eigenvalue weighted by atomic mass is 9.72. The molecule has 0 aromatic carbocycles. The Bertz CT molecular complexity index is 473. The lowest BCUT2D eigenvalue weighted by Gasteiger charge is -2.41. The molecule has 3 nitrogen and oxygen atoms in total. The zero-order valence-electron chi connectivity index (χ0n) is 17.3. The zero-order valence-corrected chi connectivity index (χ0v) is 17.3. The Hall–Kier alpha value is -0.670. The van der Waals surface area contributed by atoms with Crippen LogP contribution in [0.15, 0.2) is 17.1 Å². The summed E-state index contributed by atoms with van der Waals surface area (Å²) in [6.07, 6.45) is 13.3. The summed E-state index contributed by atoms with van der Waals surface area (Å²) < 4.78 is 6.45. The normalized spacial score (nSPS) is 32.0. The van der Waals surface area contributed by atoms with E-state index in [1.54, 1.807) is 0 Å². The minimum Gasteiger partial charge on any atom is -0.373 e. The maximum absolute atomic E-state index is 6.45. The van der Waals surface area contributed by atoms with E-state index in [1.165, 1.54) is 25.7 Å². The average Bonchev–Trinajstić information content (AvgIpc) is 2.50. The van der Waals surface area contributed by atoms with Crippen LogP contribution in [0.5, 0.6) is 0 Å². The van der Waals surface area contributed by atoms with Gasteiger partial charge < -0.3 is 10.5 Å². The Morgan fingerprint density at radius 2 is 1.68 bits per heavy atom. The zero-order chi connectivity index (χ0) is 18.7. The summed E-state index contributed by atoms with van der Waals surface area (Å²) >= 11 is 0. The van der Waals surface area contributed by atoms with Crippen LogP contribution in [0.25, 0.3) is 0 Å². The molecule has 0 bridgehead atoms. The van der Waals surface area contributed by atoms with Gasteiger partial charge >= 0.3 is 0 Å². The molecule has 2 aliphatic rings. The van der Waals surface area contributed by atoms with Crippen molar-refractivity contribution in [1.82, 2.24) is 0 Å². The molecule has 2 saturated carbocycles. The summed E-state index contributed by atoms with van der Waals surface area (Å²) in [5, 5.41) is 0. The van der Waals surface area contributed by atoms with Gasteiger partial charge in [0.25, 0.3) is 0 Å². The highest BCUT2D eigenvalue weighted by atomic mass is 16.5. The second-order valence-electron chi connectivity index (χ2n) is 9.71. The third-order valence-electron chi connectivity index (χ3n) is 5.92. The number of rotatable bonds is 6. The summed E-state index contributed by atoms with van der Waals surface area (Å²) in [4.78, 5) is 4.97. The molecule has 25 heavy (non-hydrogen) atoms. The van der Waals surface area contributed by atoms with E-state index >= 15 is 0 Å². The third-order valence-corrected chi connectivity index (χ3v) is 5.92. The topological polar surface area (TPSA) is 47.6 Å². The molecule has 0 amide bonds. The van der Waals surface area contributed by atoms with Crippen LogP contribution in [0.2, 0.25) is 0 Å². The Morgan fingerprint density at radius 3 is 2.12 bits per heavy atom. The smallest absolute Gasteiger partial charge is 0.0803 e. The Morgan fingerprint density at radius 1 is 1.04 bits per heavy atom. The molecule has 0 spiro atoms. The largest absolute Gasteiger partial charge is 0.373 e. The molecule has 2 atom stereocenters. The van der Waals surface area contributed by atoms with Gasteiger partial charge in [-0.1, -0.05) is 33.8 Å². The summed E-state index contributed by atoms with van der Waals surface area (Å²) in [7, 11) is 0. The van der Waals surface area contributed by atoms with Gasteiger partial charge in [0.05, 0.1) is 29.5 Å². The first-order valence-corrected chi connectivity index (χ1v) is 10.3. The molecule has 2 fully saturated rings. The third kappa shape index (κ3) is 5.92. The Labute approximate surface area is 155 Å². The van der Waals surface area contributed by atoms with Crippen LogP contribution in [0.1, 0.15) is 86.5 Å². The molecule has 0 aromatic heterocycles. The minimum absolute atomic E-state index is 0.291. The molecule has 2 aliphatic carbocycles. The van der Waals surface area contributed by atoms with Crippen LogP contribution in [0.4, 0.5) is 0 Å². The van der Waals surface area contributed by atoms with Crippen LogP contribution < -0.4 is 5.73 Å². The van der Waals surface area contributed by atoms with Gasteiger partial charge in [0.1, 0.15) is 0 Å². The van der Waals surface area contributed by atoms with E-state index in [2.05, 4.69) is 39.8 Å². The first-order valence-electron chi connectivity index (χ1n) is 10.3. The highest BCUT2D eigenvalue weighted by Crippen LogP contribution is 2.40. The van der Waals surface area contributed by atoms with Crippen molar-refractivity contribution in [2.45, 2.75) is 110 Å². The maximum atomic E-state index is 6.45. The minimum atomic E-state index is -0.392. The van der Waals surface area contributed by atoms with Crippen molar-refractivity contribution in [3.63, 3.8) is 0 Å². The van der Waals surface area contributed by atoms with Crippen LogP contribution in [0, 0.1) is 11.3 Å². The van der Waals surface area contributed by atoms with Crippen molar-refractivity contribution < 1.29 is 4.74 Å². The van der Waals surface area contributed by atoms with Crippen molar-refractivity contribution >= 4 is 5.71 Å². The van der Waals surface area contributed by atoms with E-state index in [9.17, 15) is 0 Å². The standard InChI is InChI=1S/C22H40N2O/c1-7-8-9-20(22(5,6)23)24-18-14-15-19(18)25-17-12-10-16(11-13-17)21(2,3)4/h8-9,16-19H,7,10-15,23H2,1-6H3/b9-8-,24-20?/t16?,17?,18-,19?/m0/s1. The predicted molar refractivity (Wildman–Crippen MR) is 108 cm³/mol. The number of hydrogen-bond donors (Lipinski definition) is 1. The number of allylic oxidation sites excluding steroid dienone is 1. The number of hydrogen-bond acceptors (Lipinski definition) is 3.